The fourth-order valence-corrected chi connectivity index (χ4v) is 3.23. The first kappa shape index (κ1) is 17.2. The number of aromatic nitrogens is 1. The molecule has 0 atom stereocenters. The number of anilines is 1. The smallest absolute Gasteiger partial charge is 0.226 e. The van der Waals surface area contributed by atoms with Crippen LogP contribution in [-0.2, 0) is 11.2 Å². The zero-order valence-corrected chi connectivity index (χ0v) is 14.7. The molecule has 2 aromatic carbocycles. The number of nitrogens with zero attached hydrogens (tertiary/aromatic N) is 1. The van der Waals surface area contributed by atoms with Crippen molar-refractivity contribution in [3.63, 3.8) is 0 Å². The molecule has 0 aliphatic carbocycles. The number of carbonyl (C=O) groups excluding carboxylic acids is 1. The second kappa shape index (κ2) is 8.99. The van der Waals surface area contributed by atoms with E-state index in [0.29, 0.717) is 24.6 Å². The summed E-state index contributed by atoms with van der Waals surface area (Å²) < 4.78 is 5.58. The first-order valence-corrected chi connectivity index (χ1v) is 9.07. The molecule has 1 aromatic heterocycles. The van der Waals surface area contributed by atoms with Gasteiger partial charge >= 0.3 is 0 Å². The number of thiazole rings is 1. The van der Waals surface area contributed by atoms with E-state index in [1.165, 1.54) is 16.9 Å². The van der Waals surface area contributed by atoms with Crippen molar-refractivity contribution in [3.05, 3.63) is 77.3 Å². The third-order valence-electron chi connectivity index (χ3n) is 3.58. The maximum atomic E-state index is 12.0. The molecule has 25 heavy (non-hydrogen) atoms. The third-order valence-corrected chi connectivity index (χ3v) is 4.49. The molecular formula is C20H20N2O2S. The van der Waals surface area contributed by atoms with Crippen molar-refractivity contribution in [3.8, 4) is 5.75 Å². The number of ether oxygens (including phenoxy) is 1. The Labute approximate surface area is 151 Å². The fraction of sp³-hybridized carbons (Fsp3) is 0.200. The minimum Gasteiger partial charge on any atom is -0.494 e. The molecular weight excluding hydrogens is 332 g/mol. The Kier molecular flexibility index (Phi) is 6.17. The Morgan fingerprint density at radius 3 is 2.52 bits per heavy atom. The highest BCUT2D eigenvalue weighted by molar-refractivity contribution is 7.15. The molecule has 0 radical (unpaired) electrons. The minimum absolute atomic E-state index is 0.0303. The summed E-state index contributed by atoms with van der Waals surface area (Å²) in [7, 11) is 0. The first-order valence-electron chi connectivity index (χ1n) is 8.26. The molecule has 1 amide bonds. The van der Waals surface area contributed by atoms with Gasteiger partial charge in [0.2, 0.25) is 5.91 Å². The van der Waals surface area contributed by atoms with E-state index in [9.17, 15) is 4.79 Å². The highest BCUT2D eigenvalue weighted by atomic mass is 32.1. The van der Waals surface area contributed by atoms with Crippen molar-refractivity contribution in [1.29, 1.82) is 0 Å². The third kappa shape index (κ3) is 5.72. The van der Waals surface area contributed by atoms with Gasteiger partial charge in [0.05, 0.1) is 6.61 Å². The van der Waals surface area contributed by atoms with Crippen LogP contribution in [0, 0.1) is 0 Å². The number of amides is 1. The molecule has 0 aliphatic rings. The highest BCUT2D eigenvalue weighted by Gasteiger charge is 2.07. The molecule has 1 N–H and O–H groups in total. The van der Waals surface area contributed by atoms with E-state index in [-0.39, 0.29) is 5.91 Å². The molecule has 0 saturated heterocycles. The van der Waals surface area contributed by atoms with Crippen LogP contribution in [0.15, 0.2) is 66.9 Å². The van der Waals surface area contributed by atoms with Crippen LogP contribution in [0.4, 0.5) is 5.13 Å². The maximum absolute atomic E-state index is 12.0. The van der Waals surface area contributed by atoms with E-state index < -0.39 is 0 Å². The molecule has 0 aliphatic heterocycles. The second-order valence-electron chi connectivity index (χ2n) is 5.61. The van der Waals surface area contributed by atoms with Crippen LogP contribution in [0.25, 0.3) is 0 Å². The van der Waals surface area contributed by atoms with E-state index >= 15 is 0 Å². The largest absolute Gasteiger partial charge is 0.494 e. The van der Waals surface area contributed by atoms with Gasteiger partial charge in [-0.2, -0.15) is 0 Å². The molecule has 0 fully saturated rings. The zero-order valence-electron chi connectivity index (χ0n) is 13.9. The minimum atomic E-state index is -0.0303. The summed E-state index contributed by atoms with van der Waals surface area (Å²) in [6.07, 6.45) is 3.74. The van der Waals surface area contributed by atoms with Crippen LogP contribution in [-0.4, -0.2) is 17.5 Å². The van der Waals surface area contributed by atoms with E-state index in [1.54, 1.807) is 0 Å². The molecule has 0 unspecified atom stereocenters. The van der Waals surface area contributed by atoms with Crippen molar-refractivity contribution >= 4 is 22.4 Å². The summed E-state index contributed by atoms with van der Waals surface area (Å²) in [5.41, 5.74) is 1.24. The van der Waals surface area contributed by atoms with Gasteiger partial charge in [-0.25, -0.2) is 4.98 Å². The van der Waals surface area contributed by atoms with Gasteiger partial charge < -0.3 is 10.1 Å². The number of hydrogen-bond donors (Lipinski definition) is 1. The fourth-order valence-electron chi connectivity index (χ4n) is 2.37. The molecule has 3 aromatic rings. The lowest BCUT2D eigenvalue weighted by Crippen LogP contribution is -2.12. The molecule has 128 valence electrons. The van der Waals surface area contributed by atoms with E-state index in [2.05, 4.69) is 22.4 Å². The Bertz CT molecular complexity index is 788. The summed E-state index contributed by atoms with van der Waals surface area (Å²) in [5, 5.41) is 3.51. The summed E-state index contributed by atoms with van der Waals surface area (Å²) in [6.45, 7) is 0.522. The summed E-state index contributed by atoms with van der Waals surface area (Å²) in [6, 6.07) is 19.8. The summed E-state index contributed by atoms with van der Waals surface area (Å²) >= 11 is 1.52. The van der Waals surface area contributed by atoms with Gasteiger partial charge in [-0.1, -0.05) is 48.5 Å². The Hall–Kier alpha value is -2.66. The van der Waals surface area contributed by atoms with Gasteiger partial charge in [0.25, 0.3) is 0 Å². The van der Waals surface area contributed by atoms with Gasteiger partial charge in [-0.3, -0.25) is 4.79 Å². The molecule has 0 bridgehead atoms. The van der Waals surface area contributed by atoms with Gasteiger partial charge in [0.1, 0.15) is 5.75 Å². The summed E-state index contributed by atoms with van der Waals surface area (Å²) in [4.78, 5) is 17.4. The standard InChI is InChI=1S/C20H20N2O2S/c23-19(12-7-13-24-17-10-5-2-6-11-17)22-20-21-15-18(25-20)14-16-8-3-1-4-9-16/h1-6,8-11,15H,7,12-14H2,(H,21,22,23). The molecule has 5 heteroatoms. The van der Waals surface area contributed by atoms with Crippen LogP contribution in [0.5, 0.6) is 5.75 Å². The SMILES string of the molecule is O=C(CCCOc1ccccc1)Nc1ncc(Cc2ccccc2)s1. The van der Waals surface area contributed by atoms with Gasteiger partial charge in [0.15, 0.2) is 5.13 Å². The monoisotopic (exact) mass is 352 g/mol. The lowest BCUT2D eigenvalue weighted by atomic mass is 10.1. The van der Waals surface area contributed by atoms with Crippen molar-refractivity contribution in [2.24, 2.45) is 0 Å². The number of benzene rings is 2. The molecule has 4 nitrogen and oxygen atoms in total. The van der Waals surface area contributed by atoms with E-state index in [0.717, 1.165) is 17.0 Å². The zero-order chi connectivity index (χ0) is 17.3. The average molecular weight is 352 g/mol. The van der Waals surface area contributed by atoms with Crippen molar-refractivity contribution in [1.82, 2.24) is 4.98 Å². The predicted molar refractivity (Wildman–Crippen MR) is 101 cm³/mol. The van der Waals surface area contributed by atoms with Crippen LogP contribution in [0.1, 0.15) is 23.3 Å². The number of nitrogens with one attached hydrogen (secondary N) is 1. The summed E-state index contributed by atoms with van der Waals surface area (Å²) in [5.74, 6) is 0.797. The number of hydrogen-bond acceptors (Lipinski definition) is 4. The number of para-hydroxylation sites is 1. The lowest BCUT2D eigenvalue weighted by Gasteiger charge is -2.05. The van der Waals surface area contributed by atoms with Crippen molar-refractivity contribution in [2.45, 2.75) is 19.3 Å². The average Bonchev–Trinajstić information content (AvgIpc) is 3.07. The van der Waals surface area contributed by atoms with Crippen LogP contribution < -0.4 is 10.1 Å². The van der Waals surface area contributed by atoms with E-state index in [1.807, 2.05) is 54.7 Å². The first-order chi connectivity index (χ1) is 12.3. The van der Waals surface area contributed by atoms with Crippen LogP contribution in [0.3, 0.4) is 0 Å². The van der Waals surface area contributed by atoms with Gasteiger partial charge in [-0.05, 0) is 24.1 Å². The lowest BCUT2D eigenvalue weighted by molar-refractivity contribution is -0.116. The Balaban J connectivity index is 1.39. The topological polar surface area (TPSA) is 51.2 Å². The van der Waals surface area contributed by atoms with E-state index in [4.69, 9.17) is 4.74 Å². The molecule has 3 rings (SSSR count). The maximum Gasteiger partial charge on any atom is 0.226 e. The van der Waals surface area contributed by atoms with Crippen LogP contribution >= 0.6 is 11.3 Å². The Morgan fingerprint density at radius 1 is 1.04 bits per heavy atom. The van der Waals surface area contributed by atoms with Crippen LogP contribution in [0.2, 0.25) is 0 Å². The van der Waals surface area contributed by atoms with Crippen molar-refractivity contribution < 1.29 is 9.53 Å². The second-order valence-corrected chi connectivity index (χ2v) is 6.72. The van der Waals surface area contributed by atoms with Crippen molar-refractivity contribution in [2.75, 3.05) is 11.9 Å². The Morgan fingerprint density at radius 2 is 1.76 bits per heavy atom. The molecule has 0 saturated carbocycles. The molecule has 1 heterocycles. The number of rotatable bonds is 8. The quantitative estimate of drug-likeness (QED) is 0.606. The highest BCUT2D eigenvalue weighted by Crippen LogP contribution is 2.21. The normalized spacial score (nSPS) is 10.4. The van der Waals surface area contributed by atoms with Gasteiger partial charge in [0, 0.05) is 23.9 Å². The number of carbonyl (C=O) groups is 1. The molecule has 0 spiro atoms. The predicted octanol–water partition coefficient (Wildman–Crippen LogP) is 4.53. The van der Waals surface area contributed by atoms with Gasteiger partial charge in [-0.15, -0.1) is 11.3 Å².